The van der Waals surface area contributed by atoms with Crippen LogP contribution in [0.1, 0.15) is 31.9 Å². The van der Waals surface area contributed by atoms with E-state index < -0.39 is 11.6 Å². The molecule has 0 aliphatic carbocycles. The third-order valence-corrected chi connectivity index (χ3v) is 2.87. The first-order valence-corrected chi connectivity index (χ1v) is 5.57. The van der Waals surface area contributed by atoms with E-state index in [4.69, 9.17) is 5.26 Å². The highest BCUT2D eigenvalue weighted by Gasteiger charge is 2.13. The largest absolute Gasteiger partial charge is 0.310 e. The van der Waals surface area contributed by atoms with E-state index in [1.54, 1.807) is 6.07 Å². The molecule has 1 aromatic rings. The first kappa shape index (κ1) is 13.6. The zero-order valence-corrected chi connectivity index (χ0v) is 10.2. The maximum absolute atomic E-state index is 13.5. The van der Waals surface area contributed by atoms with Crippen molar-refractivity contribution in [2.45, 2.75) is 33.4 Å². The van der Waals surface area contributed by atoms with Crippen molar-refractivity contribution in [3.8, 4) is 6.07 Å². The molecule has 92 valence electrons. The molecule has 1 N–H and O–H groups in total. The van der Waals surface area contributed by atoms with Gasteiger partial charge in [-0.2, -0.15) is 5.26 Å². The fourth-order valence-electron chi connectivity index (χ4n) is 1.34. The van der Waals surface area contributed by atoms with E-state index in [0.29, 0.717) is 5.92 Å². The van der Waals surface area contributed by atoms with Gasteiger partial charge >= 0.3 is 0 Å². The molecule has 2 nitrogen and oxygen atoms in total. The van der Waals surface area contributed by atoms with Gasteiger partial charge < -0.3 is 5.32 Å². The van der Waals surface area contributed by atoms with Crippen LogP contribution in [-0.4, -0.2) is 6.04 Å². The highest BCUT2D eigenvalue weighted by Crippen LogP contribution is 2.15. The summed E-state index contributed by atoms with van der Waals surface area (Å²) in [5, 5.41) is 11.6. The summed E-state index contributed by atoms with van der Waals surface area (Å²) in [6, 6.07) is 4.00. The lowest BCUT2D eigenvalue weighted by atomic mass is 10.1. The molecule has 0 saturated heterocycles. The molecule has 17 heavy (non-hydrogen) atoms. The van der Waals surface area contributed by atoms with Gasteiger partial charge in [-0.15, -0.1) is 0 Å². The number of hydrogen-bond donors (Lipinski definition) is 1. The number of rotatable bonds is 4. The predicted octanol–water partition coefficient (Wildman–Crippen LogP) is 2.97. The lowest BCUT2D eigenvalue weighted by Crippen LogP contribution is -2.30. The van der Waals surface area contributed by atoms with Crippen molar-refractivity contribution < 1.29 is 8.78 Å². The van der Waals surface area contributed by atoms with Gasteiger partial charge in [0.1, 0.15) is 11.6 Å². The number of benzene rings is 1. The molecule has 0 aromatic heterocycles. The molecular weight excluding hydrogens is 222 g/mol. The average Bonchev–Trinajstić information content (AvgIpc) is 2.27. The van der Waals surface area contributed by atoms with Crippen molar-refractivity contribution >= 4 is 0 Å². The zero-order valence-electron chi connectivity index (χ0n) is 10.2. The number of hydrogen-bond acceptors (Lipinski definition) is 2. The SMILES string of the molecule is CC(C)C(C)NCc1c(F)cc(C#N)cc1F. The fourth-order valence-corrected chi connectivity index (χ4v) is 1.34. The predicted molar refractivity (Wildman–Crippen MR) is 62.2 cm³/mol. The van der Waals surface area contributed by atoms with Gasteiger partial charge in [0, 0.05) is 18.2 Å². The van der Waals surface area contributed by atoms with Gasteiger partial charge in [-0.05, 0) is 25.0 Å². The third-order valence-electron chi connectivity index (χ3n) is 2.87. The van der Waals surface area contributed by atoms with Crippen LogP contribution in [0.25, 0.3) is 0 Å². The first-order valence-electron chi connectivity index (χ1n) is 5.57. The summed E-state index contributed by atoms with van der Waals surface area (Å²) in [5.74, 6) is -0.963. The quantitative estimate of drug-likeness (QED) is 0.875. The van der Waals surface area contributed by atoms with Gasteiger partial charge in [-0.1, -0.05) is 13.8 Å². The van der Waals surface area contributed by atoms with Crippen LogP contribution in [0, 0.1) is 28.9 Å². The monoisotopic (exact) mass is 238 g/mol. The van der Waals surface area contributed by atoms with Crippen molar-refractivity contribution in [2.75, 3.05) is 0 Å². The minimum atomic E-state index is -0.676. The highest BCUT2D eigenvalue weighted by atomic mass is 19.1. The highest BCUT2D eigenvalue weighted by molar-refractivity contribution is 5.34. The summed E-state index contributed by atoms with van der Waals surface area (Å²) < 4.78 is 27.0. The molecule has 0 spiro atoms. The Hall–Kier alpha value is -1.47. The van der Waals surface area contributed by atoms with E-state index in [0.717, 1.165) is 12.1 Å². The third kappa shape index (κ3) is 3.50. The van der Waals surface area contributed by atoms with E-state index in [1.165, 1.54) is 0 Å². The van der Waals surface area contributed by atoms with Crippen LogP contribution < -0.4 is 5.32 Å². The molecule has 1 aromatic carbocycles. The molecule has 0 bridgehead atoms. The van der Waals surface area contributed by atoms with Crippen LogP contribution >= 0.6 is 0 Å². The Morgan fingerprint density at radius 2 is 1.76 bits per heavy atom. The molecule has 4 heteroatoms. The number of nitrogens with one attached hydrogen (secondary N) is 1. The van der Waals surface area contributed by atoms with E-state index in [-0.39, 0.29) is 23.7 Å². The van der Waals surface area contributed by atoms with Crippen molar-refractivity contribution in [1.82, 2.24) is 5.32 Å². The molecule has 1 rings (SSSR count). The topological polar surface area (TPSA) is 35.8 Å². The standard InChI is InChI=1S/C13H16F2N2/c1-8(2)9(3)17-7-11-12(14)4-10(6-16)5-13(11)15/h4-5,8-9,17H,7H2,1-3H3. The van der Waals surface area contributed by atoms with Crippen LogP contribution in [0.3, 0.4) is 0 Å². The van der Waals surface area contributed by atoms with Crippen molar-refractivity contribution in [3.63, 3.8) is 0 Å². The Morgan fingerprint density at radius 1 is 1.24 bits per heavy atom. The van der Waals surface area contributed by atoms with Gasteiger partial charge in [0.2, 0.25) is 0 Å². The van der Waals surface area contributed by atoms with E-state index in [1.807, 2.05) is 20.8 Å². The van der Waals surface area contributed by atoms with Crippen LogP contribution in [-0.2, 0) is 6.54 Å². The maximum Gasteiger partial charge on any atom is 0.131 e. The summed E-state index contributed by atoms with van der Waals surface area (Å²) in [6.45, 7) is 6.15. The number of nitriles is 1. The second-order valence-electron chi connectivity index (χ2n) is 4.44. The second-order valence-corrected chi connectivity index (χ2v) is 4.44. The molecule has 0 aliphatic rings. The Bertz CT molecular complexity index is 413. The maximum atomic E-state index is 13.5. The van der Waals surface area contributed by atoms with Crippen LogP contribution in [0.5, 0.6) is 0 Å². The molecule has 0 radical (unpaired) electrons. The summed E-state index contributed by atoms with van der Waals surface area (Å²) in [7, 11) is 0. The lowest BCUT2D eigenvalue weighted by Gasteiger charge is -2.17. The molecule has 0 aliphatic heterocycles. The Kier molecular flexibility index (Phi) is 4.59. The molecule has 0 saturated carbocycles. The number of halogens is 2. The van der Waals surface area contributed by atoms with Crippen LogP contribution in [0.15, 0.2) is 12.1 Å². The van der Waals surface area contributed by atoms with Gasteiger partial charge in [0.15, 0.2) is 0 Å². The van der Waals surface area contributed by atoms with Gasteiger partial charge in [-0.25, -0.2) is 8.78 Å². The first-order chi connectivity index (χ1) is 7.95. The Morgan fingerprint density at radius 3 is 2.18 bits per heavy atom. The molecule has 0 heterocycles. The average molecular weight is 238 g/mol. The Balaban J connectivity index is 2.82. The van der Waals surface area contributed by atoms with Crippen LogP contribution in [0.4, 0.5) is 8.78 Å². The van der Waals surface area contributed by atoms with E-state index in [9.17, 15) is 8.78 Å². The summed E-state index contributed by atoms with van der Waals surface area (Å²) in [4.78, 5) is 0. The smallest absolute Gasteiger partial charge is 0.131 e. The lowest BCUT2D eigenvalue weighted by molar-refractivity contribution is 0.415. The van der Waals surface area contributed by atoms with E-state index >= 15 is 0 Å². The molecular formula is C13H16F2N2. The zero-order chi connectivity index (χ0) is 13.0. The fraction of sp³-hybridized carbons (Fsp3) is 0.462. The van der Waals surface area contributed by atoms with Crippen molar-refractivity contribution in [3.05, 3.63) is 34.9 Å². The van der Waals surface area contributed by atoms with Gasteiger partial charge in [0.25, 0.3) is 0 Å². The number of nitrogens with zero attached hydrogens (tertiary/aromatic N) is 1. The molecule has 0 fully saturated rings. The molecule has 1 atom stereocenters. The van der Waals surface area contributed by atoms with E-state index in [2.05, 4.69) is 5.32 Å². The Labute approximate surface area is 100 Å². The van der Waals surface area contributed by atoms with Crippen molar-refractivity contribution in [1.29, 1.82) is 5.26 Å². The van der Waals surface area contributed by atoms with Gasteiger partial charge in [0.05, 0.1) is 11.6 Å². The minimum Gasteiger partial charge on any atom is -0.310 e. The summed E-state index contributed by atoms with van der Waals surface area (Å²) in [6.07, 6.45) is 0. The summed E-state index contributed by atoms with van der Waals surface area (Å²) in [5.41, 5.74) is -0.0165. The minimum absolute atomic E-state index is 0.000609. The molecule has 0 amide bonds. The normalized spacial score (nSPS) is 12.5. The van der Waals surface area contributed by atoms with Gasteiger partial charge in [-0.3, -0.25) is 0 Å². The van der Waals surface area contributed by atoms with Crippen LogP contribution in [0.2, 0.25) is 0 Å². The van der Waals surface area contributed by atoms with Crippen molar-refractivity contribution in [2.24, 2.45) is 5.92 Å². The summed E-state index contributed by atoms with van der Waals surface area (Å²) >= 11 is 0. The molecule has 1 unspecified atom stereocenters. The second kappa shape index (κ2) is 5.74.